The molecule has 0 rings (SSSR count). The number of aliphatic imine (C=N–C) groups is 1. The van der Waals surface area contributed by atoms with Gasteiger partial charge >= 0.3 is 0 Å². The average molecular weight is 336 g/mol. The van der Waals surface area contributed by atoms with Gasteiger partial charge in [-0.3, -0.25) is 4.99 Å². The Labute approximate surface area is 109 Å². The Balaban J connectivity index is 4.58. The molecule has 1 atom stereocenters. The molecule has 0 aromatic rings. The second kappa shape index (κ2) is 7.88. The van der Waals surface area contributed by atoms with Gasteiger partial charge in [-0.05, 0) is 57.9 Å². The van der Waals surface area contributed by atoms with Gasteiger partial charge in [0.15, 0.2) is 0 Å². The summed E-state index contributed by atoms with van der Waals surface area (Å²) in [6.07, 6.45) is 7.53. The summed E-state index contributed by atoms with van der Waals surface area (Å²) in [6, 6.07) is 0. The molecule has 0 aromatic heterocycles. The van der Waals surface area contributed by atoms with Crippen LogP contribution in [0.3, 0.4) is 0 Å². The van der Waals surface area contributed by atoms with Crippen LogP contribution in [0.5, 0.6) is 0 Å². The Morgan fingerprint density at radius 2 is 2.07 bits per heavy atom. The SMILES string of the molecule is C=C/C=C(/Br)N(C)C(C)N=C(Br)/C=C\C. The molecule has 0 heterocycles. The lowest BCUT2D eigenvalue weighted by molar-refractivity contribution is 0.357. The minimum Gasteiger partial charge on any atom is -0.347 e. The van der Waals surface area contributed by atoms with Crippen LogP contribution in [0.1, 0.15) is 13.8 Å². The Hall–Kier alpha value is -0.350. The molecule has 0 aliphatic carbocycles. The van der Waals surface area contributed by atoms with Crippen LogP contribution in [0, 0.1) is 0 Å². The summed E-state index contributed by atoms with van der Waals surface area (Å²) in [5, 5.41) is 0. The molecule has 0 aromatic carbocycles. The third-order valence-electron chi connectivity index (χ3n) is 1.77. The summed E-state index contributed by atoms with van der Waals surface area (Å²) in [4.78, 5) is 6.44. The first kappa shape index (κ1) is 14.6. The summed E-state index contributed by atoms with van der Waals surface area (Å²) < 4.78 is 1.79. The Kier molecular flexibility index (Phi) is 7.70. The fraction of sp³-hybridized carbons (Fsp3) is 0.364. The first-order chi connectivity index (χ1) is 7.02. The number of rotatable bonds is 5. The molecule has 0 amide bonds. The fourth-order valence-electron chi connectivity index (χ4n) is 0.839. The van der Waals surface area contributed by atoms with Gasteiger partial charge in [-0.25, -0.2) is 0 Å². The smallest absolute Gasteiger partial charge is 0.119 e. The van der Waals surface area contributed by atoms with E-state index in [0.717, 1.165) is 9.23 Å². The zero-order chi connectivity index (χ0) is 11.8. The van der Waals surface area contributed by atoms with Crippen molar-refractivity contribution >= 4 is 36.5 Å². The molecule has 0 N–H and O–H groups in total. The normalized spacial score (nSPS) is 15.5. The number of allylic oxidation sites excluding steroid dienone is 4. The summed E-state index contributed by atoms with van der Waals surface area (Å²) in [7, 11) is 1.97. The lowest BCUT2D eigenvalue weighted by atomic mass is 10.4. The number of hydrogen-bond donors (Lipinski definition) is 0. The van der Waals surface area contributed by atoms with Crippen LogP contribution in [0.25, 0.3) is 0 Å². The van der Waals surface area contributed by atoms with Gasteiger partial charge in [0.25, 0.3) is 0 Å². The molecular formula is C11H16Br2N2. The van der Waals surface area contributed by atoms with Crippen molar-refractivity contribution in [2.75, 3.05) is 7.05 Å². The molecule has 2 nitrogen and oxygen atoms in total. The van der Waals surface area contributed by atoms with Crippen LogP contribution in [-0.4, -0.2) is 22.7 Å². The van der Waals surface area contributed by atoms with Crippen molar-refractivity contribution in [1.29, 1.82) is 0 Å². The second-order valence-corrected chi connectivity index (χ2v) is 4.54. The van der Waals surface area contributed by atoms with Crippen molar-refractivity contribution in [3.63, 3.8) is 0 Å². The van der Waals surface area contributed by atoms with Crippen molar-refractivity contribution in [3.05, 3.63) is 35.5 Å². The topological polar surface area (TPSA) is 15.6 Å². The van der Waals surface area contributed by atoms with Crippen molar-refractivity contribution in [2.45, 2.75) is 20.0 Å². The summed E-state index contributed by atoms with van der Waals surface area (Å²) in [5.74, 6) is 0. The zero-order valence-corrected chi connectivity index (χ0v) is 12.4. The quantitative estimate of drug-likeness (QED) is 0.420. The highest BCUT2D eigenvalue weighted by molar-refractivity contribution is 9.18. The number of halogens is 2. The maximum atomic E-state index is 4.44. The average Bonchev–Trinajstić information content (AvgIpc) is 2.17. The van der Waals surface area contributed by atoms with E-state index in [9.17, 15) is 0 Å². The van der Waals surface area contributed by atoms with E-state index in [4.69, 9.17) is 0 Å². The second-order valence-electron chi connectivity index (χ2n) is 2.92. The molecule has 0 radical (unpaired) electrons. The maximum absolute atomic E-state index is 4.44. The predicted octanol–water partition coefficient (Wildman–Crippen LogP) is 4.06. The van der Waals surface area contributed by atoms with Crippen molar-refractivity contribution in [3.8, 4) is 0 Å². The van der Waals surface area contributed by atoms with Crippen molar-refractivity contribution in [2.24, 2.45) is 4.99 Å². The van der Waals surface area contributed by atoms with Gasteiger partial charge < -0.3 is 4.90 Å². The molecule has 0 spiro atoms. The van der Waals surface area contributed by atoms with E-state index >= 15 is 0 Å². The monoisotopic (exact) mass is 334 g/mol. The molecule has 1 unspecified atom stereocenters. The third-order valence-corrected chi connectivity index (χ3v) is 3.06. The highest BCUT2D eigenvalue weighted by atomic mass is 79.9. The van der Waals surface area contributed by atoms with Gasteiger partial charge in [-0.2, -0.15) is 0 Å². The molecule has 0 aliphatic heterocycles. The van der Waals surface area contributed by atoms with Gasteiger partial charge in [0.05, 0.1) is 4.61 Å². The number of hydrogen-bond acceptors (Lipinski definition) is 2. The lowest BCUT2D eigenvalue weighted by Crippen LogP contribution is -2.25. The highest BCUT2D eigenvalue weighted by Gasteiger charge is 2.08. The molecule has 4 heteroatoms. The Morgan fingerprint density at radius 1 is 1.47 bits per heavy atom. The summed E-state index contributed by atoms with van der Waals surface area (Å²) in [6.45, 7) is 7.62. The predicted molar refractivity (Wildman–Crippen MR) is 75.6 cm³/mol. The minimum absolute atomic E-state index is 0.0566. The zero-order valence-electron chi connectivity index (χ0n) is 9.24. The van der Waals surface area contributed by atoms with Crippen molar-refractivity contribution < 1.29 is 0 Å². The van der Waals surface area contributed by atoms with E-state index in [1.54, 1.807) is 6.08 Å². The van der Waals surface area contributed by atoms with Crippen LogP contribution in [0.2, 0.25) is 0 Å². The fourth-order valence-corrected chi connectivity index (χ4v) is 1.88. The van der Waals surface area contributed by atoms with Crippen LogP contribution >= 0.6 is 31.9 Å². The van der Waals surface area contributed by atoms with Crippen LogP contribution in [0.15, 0.2) is 40.5 Å². The van der Waals surface area contributed by atoms with Gasteiger partial charge in [0.2, 0.25) is 0 Å². The van der Waals surface area contributed by atoms with Crippen LogP contribution < -0.4 is 0 Å². The van der Waals surface area contributed by atoms with E-state index in [1.165, 1.54) is 0 Å². The number of nitrogens with zero attached hydrogens (tertiary/aromatic N) is 2. The van der Waals surface area contributed by atoms with E-state index in [0.29, 0.717) is 0 Å². The Bertz CT molecular complexity index is 293. The lowest BCUT2D eigenvalue weighted by Gasteiger charge is -2.23. The minimum atomic E-state index is 0.0566. The van der Waals surface area contributed by atoms with E-state index in [2.05, 4.69) is 43.4 Å². The van der Waals surface area contributed by atoms with Crippen LogP contribution in [-0.2, 0) is 0 Å². The third kappa shape index (κ3) is 5.95. The standard InChI is InChI=1S/C11H16Br2N2/c1-5-7-10(12)14-9(3)15(4)11(13)8-6-2/h5-9H,2H2,1,3-4H3/b7-5-,11-8-,14-10?. The maximum Gasteiger partial charge on any atom is 0.119 e. The molecule has 15 heavy (non-hydrogen) atoms. The van der Waals surface area contributed by atoms with E-state index in [-0.39, 0.29) is 6.17 Å². The molecular weight excluding hydrogens is 320 g/mol. The first-order valence-corrected chi connectivity index (χ1v) is 6.18. The van der Waals surface area contributed by atoms with Gasteiger partial charge in [0.1, 0.15) is 10.8 Å². The van der Waals surface area contributed by atoms with Gasteiger partial charge in [-0.15, -0.1) is 0 Å². The van der Waals surface area contributed by atoms with Crippen molar-refractivity contribution in [1.82, 2.24) is 4.90 Å². The van der Waals surface area contributed by atoms with Gasteiger partial charge in [-0.1, -0.05) is 18.7 Å². The van der Waals surface area contributed by atoms with Crippen LogP contribution in [0.4, 0.5) is 0 Å². The molecule has 0 saturated carbocycles. The first-order valence-electron chi connectivity index (χ1n) is 4.60. The van der Waals surface area contributed by atoms with Gasteiger partial charge in [0, 0.05) is 7.05 Å². The van der Waals surface area contributed by atoms with E-state index < -0.39 is 0 Å². The molecule has 0 aliphatic rings. The molecule has 0 saturated heterocycles. The summed E-state index contributed by atoms with van der Waals surface area (Å²) in [5.41, 5.74) is 0. The molecule has 84 valence electrons. The summed E-state index contributed by atoms with van der Waals surface area (Å²) >= 11 is 6.82. The molecule has 0 fully saturated rings. The highest BCUT2D eigenvalue weighted by Crippen LogP contribution is 2.15. The largest absolute Gasteiger partial charge is 0.347 e. The van der Waals surface area contributed by atoms with E-state index in [1.807, 2.05) is 44.0 Å². The molecule has 0 bridgehead atoms. The Morgan fingerprint density at radius 3 is 2.53 bits per heavy atom.